The molecule has 0 unspecified atom stereocenters. The third kappa shape index (κ3) is 4.28. The molecule has 9 heteroatoms. The van der Waals surface area contributed by atoms with Crippen LogP contribution in [0.4, 0.5) is 0 Å². The van der Waals surface area contributed by atoms with Crippen LogP contribution in [0, 0.1) is 0 Å². The molecule has 0 bridgehead atoms. The minimum absolute atomic E-state index is 0.0271. The molecule has 0 aliphatic rings. The summed E-state index contributed by atoms with van der Waals surface area (Å²) in [7, 11) is 0. The third-order valence-electron chi connectivity index (χ3n) is 3.26. The van der Waals surface area contributed by atoms with Gasteiger partial charge >= 0.3 is 5.97 Å². The maximum Gasteiger partial charge on any atom is 0.308 e. The summed E-state index contributed by atoms with van der Waals surface area (Å²) in [6, 6.07) is 12.4. The molecule has 0 atom stereocenters. The summed E-state index contributed by atoms with van der Waals surface area (Å²) in [5.74, 6) is -0.261. The maximum atomic E-state index is 11.8. The third-order valence-corrected chi connectivity index (χ3v) is 3.26. The molecule has 0 saturated heterocycles. The number of nitrogens with one attached hydrogen (secondary N) is 1. The first kappa shape index (κ1) is 16.4. The largest absolute Gasteiger partial charge is 0.459 e. The number of esters is 1. The van der Waals surface area contributed by atoms with Gasteiger partial charge in [0.2, 0.25) is 0 Å². The van der Waals surface area contributed by atoms with E-state index in [4.69, 9.17) is 9.15 Å². The van der Waals surface area contributed by atoms with Crippen molar-refractivity contribution >= 4 is 11.9 Å². The lowest BCUT2D eigenvalue weighted by Gasteiger charge is -2.06. The number of amides is 1. The molecular formula is C16H15N5O4. The van der Waals surface area contributed by atoms with Gasteiger partial charge in [0.1, 0.15) is 0 Å². The highest BCUT2D eigenvalue weighted by Gasteiger charge is 2.12. The van der Waals surface area contributed by atoms with Gasteiger partial charge < -0.3 is 14.5 Å². The summed E-state index contributed by atoms with van der Waals surface area (Å²) in [5.41, 5.74) is 0.768. The summed E-state index contributed by atoms with van der Waals surface area (Å²) < 4.78 is 11.6. The molecule has 0 radical (unpaired) electrons. The number of hydrogen-bond donors (Lipinski definition) is 1. The molecule has 0 fully saturated rings. The monoisotopic (exact) mass is 341 g/mol. The predicted molar refractivity (Wildman–Crippen MR) is 84.6 cm³/mol. The first-order chi connectivity index (χ1) is 12.2. The van der Waals surface area contributed by atoms with E-state index in [1.165, 1.54) is 17.0 Å². The van der Waals surface area contributed by atoms with Gasteiger partial charge in [0, 0.05) is 6.54 Å². The van der Waals surface area contributed by atoms with Crippen molar-refractivity contribution in [3.63, 3.8) is 0 Å². The summed E-state index contributed by atoms with van der Waals surface area (Å²) in [6.07, 6.45) is 1.43. The van der Waals surface area contributed by atoms with E-state index in [9.17, 15) is 9.59 Å². The van der Waals surface area contributed by atoms with Crippen LogP contribution in [-0.4, -0.2) is 38.6 Å². The summed E-state index contributed by atoms with van der Waals surface area (Å²) >= 11 is 0. The van der Waals surface area contributed by atoms with Crippen molar-refractivity contribution in [2.45, 2.75) is 13.0 Å². The molecule has 0 aliphatic heterocycles. The number of furan rings is 1. The molecular weight excluding hydrogens is 326 g/mol. The first-order valence-electron chi connectivity index (χ1n) is 7.54. The molecule has 1 aromatic carbocycles. The van der Waals surface area contributed by atoms with Crippen LogP contribution in [0.3, 0.4) is 0 Å². The molecule has 0 saturated carbocycles. The quantitative estimate of drug-likeness (QED) is 0.641. The molecule has 1 amide bonds. The van der Waals surface area contributed by atoms with Crippen LogP contribution in [-0.2, 0) is 16.1 Å². The number of benzene rings is 1. The predicted octanol–water partition coefficient (Wildman–Crippen LogP) is 1.12. The molecule has 25 heavy (non-hydrogen) atoms. The first-order valence-corrected chi connectivity index (χ1v) is 7.54. The van der Waals surface area contributed by atoms with E-state index in [0.717, 1.165) is 5.69 Å². The van der Waals surface area contributed by atoms with E-state index >= 15 is 0 Å². The fraction of sp³-hybridized carbons (Fsp3) is 0.188. The number of ether oxygens (including phenoxy) is 1. The van der Waals surface area contributed by atoms with Gasteiger partial charge in [-0.2, -0.15) is 4.68 Å². The van der Waals surface area contributed by atoms with E-state index in [-0.39, 0.29) is 31.2 Å². The highest BCUT2D eigenvalue weighted by molar-refractivity contribution is 5.91. The van der Waals surface area contributed by atoms with Crippen molar-refractivity contribution in [1.82, 2.24) is 25.5 Å². The molecule has 2 heterocycles. The molecule has 2 aromatic heterocycles. The Morgan fingerprint density at radius 3 is 2.76 bits per heavy atom. The SMILES string of the molecule is O=C(CCNC(=O)c1ccco1)OCc1nnnn1-c1ccccc1. The van der Waals surface area contributed by atoms with Crippen LogP contribution in [0.1, 0.15) is 22.8 Å². The number of rotatable bonds is 7. The lowest BCUT2D eigenvalue weighted by atomic mass is 10.3. The minimum Gasteiger partial charge on any atom is -0.459 e. The maximum absolute atomic E-state index is 11.8. The normalized spacial score (nSPS) is 10.4. The average Bonchev–Trinajstić information content (AvgIpc) is 3.32. The molecule has 1 N–H and O–H groups in total. The number of carbonyl (C=O) groups is 2. The number of nitrogens with zero attached hydrogens (tertiary/aromatic N) is 4. The second kappa shape index (κ2) is 7.86. The van der Waals surface area contributed by atoms with Crippen molar-refractivity contribution in [1.29, 1.82) is 0 Å². The Labute approximate surface area is 142 Å². The fourth-order valence-corrected chi connectivity index (χ4v) is 2.06. The van der Waals surface area contributed by atoms with Crippen molar-refractivity contribution in [2.75, 3.05) is 6.54 Å². The van der Waals surface area contributed by atoms with E-state index in [2.05, 4.69) is 20.8 Å². The van der Waals surface area contributed by atoms with E-state index in [1.807, 2.05) is 30.3 Å². The van der Waals surface area contributed by atoms with Gasteiger partial charge in [0.25, 0.3) is 5.91 Å². The molecule has 9 nitrogen and oxygen atoms in total. The lowest BCUT2D eigenvalue weighted by molar-refractivity contribution is -0.145. The summed E-state index contributed by atoms with van der Waals surface area (Å²) in [6.45, 7) is 0.0782. The highest BCUT2D eigenvalue weighted by Crippen LogP contribution is 2.08. The van der Waals surface area contributed by atoms with Crippen molar-refractivity contribution in [2.24, 2.45) is 0 Å². The Balaban J connectivity index is 1.45. The van der Waals surface area contributed by atoms with Gasteiger partial charge in [-0.1, -0.05) is 18.2 Å². The van der Waals surface area contributed by atoms with E-state index in [0.29, 0.717) is 5.82 Å². The topological polar surface area (TPSA) is 112 Å². The van der Waals surface area contributed by atoms with E-state index < -0.39 is 5.97 Å². The Morgan fingerprint density at radius 2 is 2.00 bits per heavy atom. The van der Waals surface area contributed by atoms with Crippen LogP contribution in [0.15, 0.2) is 53.1 Å². The number of tetrazole rings is 1. The van der Waals surface area contributed by atoms with Gasteiger partial charge in [0.05, 0.1) is 18.4 Å². The van der Waals surface area contributed by atoms with Crippen molar-refractivity contribution < 1.29 is 18.7 Å². The molecule has 3 aromatic rings. The lowest BCUT2D eigenvalue weighted by Crippen LogP contribution is -2.26. The second-order valence-electron chi connectivity index (χ2n) is 4.99. The van der Waals surface area contributed by atoms with Gasteiger partial charge in [-0.3, -0.25) is 9.59 Å². The Bertz CT molecular complexity index is 829. The van der Waals surface area contributed by atoms with Gasteiger partial charge in [-0.05, 0) is 34.7 Å². The second-order valence-corrected chi connectivity index (χ2v) is 4.99. The molecule has 0 spiro atoms. The minimum atomic E-state index is -0.470. The Hall–Kier alpha value is -3.49. The summed E-state index contributed by atoms with van der Waals surface area (Å²) in [4.78, 5) is 23.4. The molecule has 0 aliphatic carbocycles. The zero-order valence-electron chi connectivity index (χ0n) is 13.2. The number of aromatic nitrogens is 4. The number of carbonyl (C=O) groups excluding carboxylic acids is 2. The van der Waals surface area contributed by atoms with Crippen molar-refractivity contribution in [3.8, 4) is 5.69 Å². The van der Waals surface area contributed by atoms with E-state index in [1.54, 1.807) is 6.07 Å². The zero-order valence-corrected chi connectivity index (χ0v) is 13.2. The number of para-hydroxylation sites is 1. The fourth-order valence-electron chi connectivity index (χ4n) is 2.06. The van der Waals surface area contributed by atoms with Gasteiger partial charge in [-0.15, -0.1) is 5.10 Å². The number of hydrogen-bond acceptors (Lipinski definition) is 7. The van der Waals surface area contributed by atoms with Gasteiger partial charge in [0.15, 0.2) is 18.2 Å². The highest BCUT2D eigenvalue weighted by atomic mass is 16.5. The Morgan fingerprint density at radius 1 is 1.16 bits per heavy atom. The van der Waals surface area contributed by atoms with Crippen molar-refractivity contribution in [3.05, 3.63) is 60.3 Å². The van der Waals surface area contributed by atoms with Crippen LogP contribution >= 0.6 is 0 Å². The zero-order chi connectivity index (χ0) is 17.5. The standard InChI is InChI=1S/C16H15N5O4/c22-15(8-9-17-16(23)13-7-4-10-24-13)25-11-14-18-19-20-21(14)12-5-2-1-3-6-12/h1-7,10H,8-9,11H2,(H,17,23). The Kier molecular flexibility index (Phi) is 5.15. The molecule has 128 valence electrons. The van der Waals surface area contributed by atoms with Crippen LogP contribution < -0.4 is 5.32 Å². The van der Waals surface area contributed by atoms with Gasteiger partial charge in [-0.25, -0.2) is 0 Å². The van der Waals surface area contributed by atoms with Crippen LogP contribution in [0.25, 0.3) is 5.69 Å². The van der Waals surface area contributed by atoms with Crippen LogP contribution in [0.2, 0.25) is 0 Å². The molecule has 3 rings (SSSR count). The van der Waals surface area contributed by atoms with Crippen LogP contribution in [0.5, 0.6) is 0 Å². The smallest absolute Gasteiger partial charge is 0.308 e. The average molecular weight is 341 g/mol. The summed E-state index contributed by atoms with van der Waals surface area (Å²) in [5, 5.41) is 13.9.